The third-order valence-corrected chi connectivity index (χ3v) is 3.84. The molecule has 1 aromatic rings. The second kappa shape index (κ2) is 5.56. The first-order valence-electron chi connectivity index (χ1n) is 5.84. The average Bonchev–Trinajstić information content (AvgIpc) is 2.66. The average molecular weight is 225 g/mol. The van der Waals surface area contributed by atoms with Crippen molar-refractivity contribution in [3.05, 3.63) is 10.0 Å². The number of aryl methyl sites for hydroxylation is 1. The Kier molecular flexibility index (Phi) is 4.09. The molecular weight excluding hydrogens is 206 g/mol. The molecule has 1 aromatic heterocycles. The molecular formula is C11H19N3S. The monoisotopic (exact) mass is 225 g/mol. The summed E-state index contributed by atoms with van der Waals surface area (Å²) in [5.41, 5.74) is 0. The van der Waals surface area contributed by atoms with Crippen LogP contribution in [0.4, 0.5) is 0 Å². The molecule has 0 radical (unpaired) electrons. The van der Waals surface area contributed by atoms with Crippen molar-refractivity contribution in [1.82, 2.24) is 15.5 Å². The SMILES string of the molecule is Cc1nnc(CNCC2CCCCC2)s1. The zero-order valence-electron chi connectivity index (χ0n) is 9.33. The van der Waals surface area contributed by atoms with Gasteiger partial charge >= 0.3 is 0 Å². The van der Waals surface area contributed by atoms with E-state index in [9.17, 15) is 0 Å². The van der Waals surface area contributed by atoms with E-state index in [1.807, 2.05) is 6.92 Å². The molecule has 84 valence electrons. The number of hydrogen-bond donors (Lipinski definition) is 1. The predicted molar refractivity (Wildman–Crippen MR) is 62.9 cm³/mol. The zero-order chi connectivity index (χ0) is 10.5. The second-order valence-corrected chi connectivity index (χ2v) is 5.62. The summed E-state index contributed by atoms with van der Waals surface area (Å²) in [5.74, 6) is 0.896. The Labute approximate surface area is 95.3 Å². The van der Waals surface area contributed by atoms with Gasteiger partial charge in [0.25, 0.3) is 0 Å². The molecule has 1 aliphatic rings. The highest BCUT2D eigenvalue weighted by Crippen LogP contribution is 2.22. The fraction of sp³-hybridized carbons (Fsp3) is 0.818. The van der Waals surface area contributed by atoms with Crippen LogP contribution < -0.4 is 5.32 Å². The Balaban J connectivity index is 1.65. The number of nitrogens with one attached hydrogen (secondary N) is 1. The topological polar surface area (TPSA) is 37.8 Å². The van der Waals surface area contributed by atoms with Gasteiger partial charge in [-0.05, 0) is 32.2 Å². The Morgan fingerprint density at radius 2 is 2.07 bits per heavy atom. The molecule has 1 fully saturated rings. The summed E-state index contributed by atoms with van der Waals surface area (Å²) in [5, 5.41) is 13.8. The molecule has 0 bridgehead atoms. The number of nitrogens with zero attached hydrogens (tertiary/aromatic N) is 2. The molecule has 1 aliphatic carbocycles. The van der Waals surface area contributed by atoms with Crippen molar-refractivity contribution in [2.24, 2.45) is 5.92 Å². The van der Waals surface area contributed by atoms with Crippen molar-refractivity contribution >= 4 is 11.3 Å². The van der Waals surface area contributed by atoms with Crippen LogP contribution in [-0.4, -0.2) is 16.7 Å². The normalized spacial score (nSPS) is 18.2. The van der Waals surface area contributed by atoms with E-state index in [1.54, 1.807) is 11.3 Å². The van der Waals surface area contributed by atoms with Gasteiger partial charge in [-0.1, -0.05) is 19.3 Å². The third-order valence-electron chi connectivity index (χ3n) is 3.00. The molecule has 1 heterocycles. The largest absolute Gasteiger partial charge is 0.310 e. The van der Waals surface area contributed by atoms with Crippen LogP contribution in [0.5, 0.6) is 0 Å². The molecule has 0 amide bonds. The van der Waals surface area contributed by atoms with E-state index < -0.39 is 0 Å². The zero-order valence-corrected chi connectivity index (χ0v) is 10.1. The van der Waals surface area contributed by atoms with Crippen molar-refractivity contribution in [2.45, 2.75) is 45.6 Å². The highest BCUT2D eigenvalue weighted by molar-refractivity contribution is 7.11. The quantitative estimate of drug-likeness (QED) is 0.855. The molecule has 0 atom stereocenters. The minimum absolute atomic E-state index is 0.891. The van der Waals surface area contributed by atoms with E-state index in [4.69, 9.17) is 0 Å². The van der Waals surface area contributed by atoms with Crippen molar-refractivity contribution in [3.63, 3.8) is 0 Å². The fourth-order valence-corrected chi connectivity index (χ4v) is 2.86. The molecule has 1 N–H and O–H groups in total. The Morgan fingerprint density at radius 1 is 1.27 bits per heavy atom. The molecule has 15 heavy (non-hydrogen) atoms. The van der Waals surface area contributed by atoms with Crippen molar-refractivity contribution in [2.75, 3.05) is 6.54 Å². The summed E-state index contributed by atoms with van der Waals surface area (Å²) in [6, 6.07) is 0. The van der Waals surface area contributed by atoms with Crippen LogP contribution in [0.3, 0.4) is 0 Å². The summed E-state index contributed by atoms with van der Waals surface area (Å²) in [6.07, 6.45) is 7.09. The Morgan fingerprint density at radius 3 is 2.73 bits per heavy atom. The summed E-state index contributed by atoms with van der Waals surface area (Å²) in [7, 11) is 0. The predicted octanol–water partition coefficient (Wildman–Crippen LogP) is 2.52. The van der Waals surface area contributed by atoms with Gasteiger partial charge in [-0.15, -0.1) is 21.5 Å². The molecule has 0 spiro atoms. The maximum atomic E-state index is 4.10. The summed E-state index contributed by atoms with van der Waals surface area (Å²) < 4.78 is 0. The van der Waals surface area contributed by atoms with E-state index >= 15 is 0 Å². The van der Waals surface area contributed by atoms with Crippen molar-refractivity contribution in [1.29, 1.82) is 0 Å². The molecule has 1 saturated carbocycles. The molecule has 4 heteroatoms. The number of rotatable bonds is 4. The van der Waals surface area contributed by atoms with Gasteiger partial charge in [-0.2, -0.15) is 0 Å². The smallest absolute Gasteiger partial charge is 0.131 e. The molecule has 0 aromatic carbocycles. The number of aromatic nitrogens is 2. The fourth-order valence-electron chi connectivity index (χ4n) is 2.18. The highest BCUT2D eigenvalue weighted by atomic mass is 32.1. The van der Waals surface area contributed by atoms with Gasteiger partial charge in [-0.25, -0.2) is 0 Å². The van der Waals surface area contributed by atoms with Crippen molar-refractivity contribution in [3.8, 4) is 0 Å². The van der Waals surface area contributed by atoms with Gasteiger partial charge in [-0.3, -0.25) is 0 Å². The lowest BCUT2D eigenvalue weighted by molar-refractivity contribution is 0.342. The molecule has 0 saturated heterocycles. The van der Waals surface area contributed by atoms with E-state index in [1.165, 1.54) is 32.1 Å². The minimum atomic E-state index is 0.891. The first-order chi connectivity index (χ1) is 7.34. The Hall–Kier alpha value is -0.480. The van der Waals surface area contributed by atoms with E-state index in [-0.39, 0.29) is 0 Å². The minimum Gasteiger partial charge on any atom is -0.310 e. The van der Waals surface area contributed by atoms with Crippen molar-refractivity contribution < 1.29 is 0 Å². The molecule has 0 unspecified atom stereocenters. The molecule has 3 nitrogen and oxygen atoms in total. The standard InChI is InChI=1S/C11H19N3S/c1-9-13-14-11(15-9)8-12-7-10-5-3-2-4-6-10/h10,12H,2-8H2,1H3. The maximum Gasteiger partial charge on any atom is 0.131 e. The van der Waals surface area contributed by atoms with Gasteiger partial charge in [0.15, 0.2) is 0 Å². The first kappa shape index (κ1) is 11.0. The van der Waals surface area contributed by atoms with Crippen LogP contribution in [0.1, 0.15) is 42.1 Å². The summed E-state index contributed by atoms with van der Waals surface area (Å²) >= 11 is 1.69. The lowest BCUT2D eigenvalue weighted by Crippen LogP contribution is -2.24. The third kappa shape index (κ3) is 3.54. The lowest BCUT2D eigenvalue weighted by Gasteiger charge is -2.21. The first-order valence-corrected chi connectivity index (χ1v) is 6.66. The second-order valence-electron chi connectivity index (χ2n) is 4.35. The van der Waals surface area contributed by atoms with E-state index in [2.05, 4.69) is 15.5 Å². The van der Waals surface area contributed by atoms with Gasteiger partial charge in [0.05, 0.1) is 0 Å². The van der Waals surface area contributed by atoms with Crippen LogP contribution >= 0.6 is 11.3 Å². The van der Waals surface area contributed by atoms with Crippen LogP contribution in [0, 0.1) is 12.8 Å². The maximum absolute atomic E-state index is 4.10. The summed E-state index contributed by atoms with van der Waals surface area (Å²) in [4.78, 5) is 0. The van der Waals surface area contributed by atoms with Crippen LogP contribution in [0.2, 0.25) is 0 Å². The van der Waals surface area contributed by atoms with Crippen LogP contribution in [0.15, 0.2) is 0 Å². The molecule has 2 rings (SSSR count). The van der Waals surface area contributed by atoms with Gasteiger partial charge in [0, 0.05) is 6.54 Å². The Bertz CT molecular complexity index is 292. The highest BCUT2D eigenvalue weighted by Gasteiger charge is 2.12. The van der Waals surface area contributed by atoms with Crippen LogP contribution in [-0.2, 0) is 6.54 Å². The number of hydrogen-bond acceptors (Lipinski definition) is 4. The van der Waals surface area contributed by atoms with Gasteiger partial charge < -0.3 is 5.32 Å². The van der Waals surface area contributed by atoms with Gasteiger partial charge in [0.2, 0.25) is 0 Å². The van der Waals surface area contributed by atoms with Gasteiger partial charge in [0.1, 0.15) is 10.0 Å². The summed E-state index contributed by atoms with van der Waals surface area (Å²) in [6.45, 7) is 4.04. The lowest BCUT2D eigenvalue weighted by atomic mass is 9.89. The molecule has 0 aliphatic heterocycles. The van der Waals surface area contributed by atoms with E-state index in [0.717, 1.165) is 29.0 Å². The van der Waals surface area contributed by atoms with Crippen LogP contribution in [0.25, 0.3) is 0 Å². The van der Waals surface area contributed by atoms with E-state index in [0.29, 0.717) is 0 Å².